The molecule has 1 atom stereocenters. The molecule has 3 rings (SSSR count). The Morgan fingerprint density at radius 1 is 1.23 bits per heavy atom. The van der Waals surface area contributed by atoms with E-state index in [1.807, 2.05) is 0 Å². The average molecular weight is 372 g/mol. The third kappa shape index (κ3) is 3.04. The normalized spacial score (nSPS) is 19.3. The lowest BCUT2D eigenvalue weighted by Crippen LogP contribution is -2.42. The summed E-state index contributed by atoms with van der Waals surface area (Å²) in [6.45, 7) is 1.12. The van der Waals surface area contributed by atoms with Crippen molar-refractivity contribution in [2.45, 2.75) is 12.5 Å². The Kier molecular flexibility index (Phi) is 4.47. The second-order valence-electron chi connectivity index (χ2n) is 5.89. The standard InChI is InChI=1S/C17H16N4O4S/c1-17(10-5-3-2-4-6-10)15(24)21(16(25)20-17)9-12(22)19-14-11(13(18)23)7-8-26-14/h2-8H,9H2,1H3,(H2,18,23)(H,19,22)(H,20,25)/t17-/m1/s1. The van der Waals surface area contributed by atoms with Crippen molar-refractivity contribution in [1.29, 1.82) is 0 Å². The number of rotatable bonds is 5. The lowest BCUT2D eigenvalue weighted by molar-refractivity contribution is -0.133. The molecule has 8 nitrogen and oxygen atoms in total. The van der Waals surface area contributed by atoms with Gasteiger partial charge in [0.15, 0.2) is 0 Å². The molecule has 0 spiro atoms. The summed E-state index contributed by atoms with van der Waals surface area (Å²) in [7, 11) is 0. The van der Waals surface area contributed by atoms with E-state index < -0.39 is 35.8 Å². The minimum absolute atomic E-state index is 0.176. The number of anilines is 1. The number of hydrogen-bond donors (Lipinski definition) is 3. The summed E-state index contributed by atoms with van der Waals surface area (Å²) < 4.78 is 0. The van der Waals surface area contributed by atoms with Crippen LogP contribution in [0.2, 0.25) is 0 Å². The molecule has 1 aromatic carbocycles. The van der Waals surface area contributed by atoms with Gasteiger partial charge < -0.3 is 16.4 Å². The predicted molar refractivity (Wildman–Crippen MR) is 95.5 cm³/mol. The van der Waals surface area contributed by atoms with Gasteiger partial charge in [-0.2, -0.15) is 0 Å². The highest BCUT2D eigenvalue weighted by Crippen LogP contribution is 2.29. The second kappa shape index (κ2) is 6.60. The number of thiophene rings is 1. The van der Waals surface area contributed by atoms with Gasteiger partial charge in [0.1, 0.15) is 17.1 Å². The van der Waals surface area contributed by atoms with Crippen LogP contribution in [0.1, 0.15) is 22.8 Å². The maximum absolute atomic E-state index is 12.7. The van der Waals surface area contributed by atoms with Crippen molar-refractivity contribution >= 4 is 40.1 Å². The zero-order valence-electron chi connectivity index (χ0n) is 13.8. The number of benzene rings is 1. The number of hydrogen-bond acceptors (Lipinski definition) is 5. The molecule has 1 aliphatic heterocycles. The van der Waals surface area contributed by atoms with Gasteiger partial charge in [-0.15, -0.1) is 11.3 Å². The Balaban J connectivity index is 1.75. The lowest BCUT2D eigenvalue weighted by Gasteiger charge is -2.22. The summed E-state index contributed by atoms with van der Waals surface area (Å²) in [5, 5.41) is 7.02. The predicted octanol–water partition coefficient (Wildman–Crippen LogP) is 1.25. The molecule has 0 aliphatic carbocycles. The molecule has 1 fully saturated rings. The number of nitrogens with one attached hydrogen (secondary N) is 2. The maximum Gasteiger partial charge on any atom is 0.325 e. The van der Waals surface area contributed by atoms with Gasteiger partial charge in [0.25, 0.3) is 11.8 Å². The maximum atomic E-state index is 12.7. The molecule has 1 saturated heterocycles. The molecule has 4 N–H and O–H groups in total. The summed E-state index contributed by atoms with van der Waals surface area (Å²) >= 11 is 1.13. The Labute approximate surface area is 153 Å². The first-order valence-corrected chi connectivity index (χ1v) is 8.57. The SMILES string of the molecule is C[C@]1(c2ccccc2)NC(=O)N(CC(=O)Nc2sccc2C(N)=O)C1=O. The summed E-state index contributed by atoms with van der Waals surface area (Å²) in [4.78, 5) is 49.4. The zero-order chi connectivity index (χ0) is 18.9. The largest absolute Gasteiger partial charge is 0.366 e. The first-order valence-electron chi connectivity index (χ1n) is 7.69. The fourth-order valence-electron chi connectivity index (χ4n) is 2.72. The van der Waals surface area contributed by atoms with Gasteiger partial charge in [0.05, 0.1) is 5.56 Å². The van der Waals surface area contributed by atoms with Crippen LogP contribution in [0.3, 0.4) is 0 Å². The van der Waals surface area contributed by atoms with E-state index in [1.54, 1.807) is 42.6 Å². The van der Waals surface area contributed by atoms with E-state index in [9.17, 15) is 19.2 Å². The van der Waals surface area contributed by atoms with Crippen LogP contribution in [0.25, 0.3) is 0 Å². The molecule has 0 radical (unpaired) electrons. The van der Waals surface area contributed by atoms with Crippen LogP contribution < -0.4 is 16.4 Å². The van der Waals surface area contributed by atoms with E-state index in [0.717, 1.165) is 16.2 Å². The van der Waals surface area contributed by atoms with E-state index >= 15 is 0 Å². The first-order chi connectivity index (χ1) is 12.3. The Morgan fingerprint density at radius 3 is 2.58 bits per heavy atom. The highest BCUT2D eigenvalue weighted by Gasteiger charge is 2.49. The third-order valence-electron chi connectivity index (χ3n) is 4.11. The highest BCUT2D eigenvalue weighted by atomic mass is 32.1. The number of imide groups is 1. The number of nitrogens with two attached hydrogens (primary N) is 1. The fourth-order valence-corrected chi connectivity index (χ4v) is 3.53. The number of amides is 5. The van der Waals surface area contributed by atoms with Crippen molar-refractivity contribution in [2.24, 2.45) is 5.73 Å². The van der Waals surface area contributed by atoms with Crippen molar-refractivity contribution in [3.63, 3.8) is 0 Å². The van der Waals surface area contributed by atoms with E-state index in [2.05, 4.69) is 10.6 Å². The van der Waals surface area contributed by atoms with Crippen molar-refractivity contribution in [3.05, 3.63) is 52.9 Å². The van der Waals surface area contributed by atoms with Crippen LogP contribution >= 0.6 is 11.3 Å². The van der Waals surface area contributed by atoms with Gasteiger partial charge in [-0.3, -0.25) is 19.3 Å². The van der Waals surface area contributed by atoms with Gasteiger partial charge in [-0.25, -0.2) is 4.79 Å². The van der Waals surface area contributed by atoms with Crippen molar-refractivity contribution in [3.8, 4) is 0 Å². The molecule has 2 aromatic rings. The molecule has 134 valence electrons. The van der Waals surface area contributed by atoms with Crippen LogP contribution in [-0.4, -0.2) is 35.2 Å². The van der Waals surface area contributed by atoms with Gasteiger partial charge in [0, 0.05) is 0 Å². The van der Waals surface area contributed by atoms with Crippen LogP contribution in [0.15, 0.2) is 41.8 Å². The minimum Gasteiger partial charge on any atom is -0.366 e. The molecule has 1 aliphatic rings. The number of carbonyl (C=O) groups is 4. The van der Waals surface area contributed by atoms with Gasteiger partial charge in [-0.1, -0.05) is 30.3 Å². The minimum atomic E-state index is -1.24. The summed E-state index contributed by atoms with van der Waals surface area (Å²) in [5.41, 5.74) is 4.79. The smallest absolute Gasteiger partial charge is 0.325 e. The van der Waals surface area contributed by atoms with Crippen molar-refractivity contribution < 1.29 is 19.2 Å². The van der Waals surface area contributed by atoms with Crippen molar-refractivity contribution in [2.75, 3.05) is 11.9 Å². The third-order valence-corrected chi connectivity index (χ3v) is 4.94. The number of primary amides is 1. The Bertz CT molecular complexity index is 895. The molecule has 1 aromatic heterocycles. The molecule has 0 bridgehead atoms. The topological polar surface area (TPSA) is 122 Å². The molecule has 0 unspecified atom stereocenters. The van der Waals surface area contributed by atoms with Crippen LogP contribution in [0.5, 0.6) is 0 Å². The lowest BCUT2D eigenvalue weighted by atomic mass is 9.92. The van der Waals surface area contributed by atoms with E-state index in [-0.39, 0.29) is 10.6 Å². The Hall–Kier alpha value is -3.20. The van der Waals surface area contributed by atoms with Crippen molar-refractivity contribution in [1.82, 2.24) is 10.2 Å². The monoisotopic (exact) mass is 372 g/mol. The molecule has 9 heteroatoms. The van der Waals surface area contributed by atoms with Crippen LogP contribution in [0, 0.1) is 0 Å². The molecular formula is C17H16N4O4S. The molecule has 2 heterocycles. The summed E-state index contributed by atoms with van der Waals surface area (Å²) in [6.07, 6.45) is 0. The molecule has 5 amide bonds. The summed E-state index contributed by atoms with van der Waals surface area (Å²) in [6, 6.07) is 9.62. The average Bonchev–Trinajstić information content (AvgIpc) is 3.15. The molecular weight excluding hydrogens is 356 g/mol. The number of nitrogens with zero attached hydrogens (tertiary/aromatic N) is 1. The van der Waals surface area contributed by atoms with Gasteiger partial charge >= 0.3 is 6.03 Å². The van der Waals surface area contributed by atoms with Crippen LogP contribution in [-0.2, 0) is 15.1 Å². The number of carbonyl (C=O) groups excluding carboxylic acids is 4. The fraction of sp³-hybridized carbons (Fsp3) is 0.176. The Morgan fingerprint density at radius 2 is 1.92 bits per heavy atom. The van der Waals surface area contributed by atoms with Gasteiger partial charge in [-0.05, 0) is 23.9 Å². The van der Waals surface area contributed by atoms with Gasteiger partial charge in [0.2, 0.25) is 5.91 Å². The molecule has 0 saturated carbocycles. The summed E-state index contributed by atoms with van der Waals surface area (Å²) in [5.74, 6) is -1.80. The van der Waals surface area contributed by atoms with Crippen LogP contribution in [0.4, 0.5) is 9.80 Å². The second-order valence-corrected chi connectivity index (χ2v) is 6.80. The van der Waals surface area contributed by atoms with E-state index in [1.165, 1.54) is 6.07 Å². The number of urea groups is 1. The zero-order valence-corrected chi connectivity index (χ0v) is 14.6. The van der Waals surface area contributed by atoms with E-state index in [0.29, 0.717) is 5.56 Å². The first kappa shape index (κ1) is 17.6. The molecule has 26 heavy (non-hydrogen) atoms. The highest BCUT2D eigenvalue weighted by molar-refractivity contribution is 7.14. The van der Waals surface area contributed by atoms with E-state index in [4.69, 9.17) is 5.73 Å². The quantitative estimate of drug-likeness (QED) is 0.684.